The number of halogens is 1. The molecule has 66 valence electrons. The first-order valence-electron chi connectivity index (χ1n) is 3.60. The number of ether oxygens (including phenoxy) is 2. The minimum Gasteiger partial charge on any atom is -0.463 e. The summed E-state index contributed by atoms with van der Waals surface area (Å²) >= 11 is 3.14. The van der Waals surface area contributed by atoms with E-state index in [4.69, 9.17) is 9.47 Å². The molecule has 0 aliphatic heterocycles. The SMILES string of the molecule is CCCOCC(=O)OCCBr. The molecule has 0 aliphatic rings. The molecular weight excluding hydrogens is 212 g/mol. The summed E-state index contributed by atoms with van der Waals surface area (Å²) in [7, 11) is 0. The Labute approximate surface area is 75.2 Å². The quantitative estimate of drug-likeness (QED) is 0.389. The van der Waals surface area contributed by atoms with E-state index in [1.807, 2.05) is 6.92 Å². The third kappa shape index (κ3) is 7.81. The third-order valence-corrected chi connectivity index (χ3v) is 1.23. The highest BCUT2D eigenvalue weighted by atomic mass is 79.9. The monoisotopic (exact) mass is 224 g/mol. The second-order valence-corrected chi connectivity index (χ2v) is 2.76. The van der Waals surface area contributed by atoms with Crippen molar-refractivity contribution in [1.82, 2.24) is 0 Å². The highest BCUT2D eigenvalue weighted by Crippen LogP contribution is 1.86. The zero-order valence-corrected chi connectivity index (χ0v) is 8.22. The first-order valence-corrected chi connectivity index (χ1v) is 4.72. The third-order valence-electron chi connectivity index (χ3n) is 0.909. The smallest absolute Gasteiger partial charge is 0.332 e. The first kappa shape index (κ1) is 10.9. The fraction of sp³-hybridized carbons (Fsp3) is 0.857. The maximum Gasteiger partial charge on any atom is 0.332 e. The Morgan fingerprint density at radius 1 is 1.45 bits per heavy atom. The molecule has 0 aromatic carbocycles. The van der Waals surface area contributed by atoms with Crippen molar-refractivity contribution in [3.8, 4) is 0 Å². The predicted octanol–water partition coefficient (Wildman–Crippen LogP) is 1.35. The van der Waals surface area contributed by atoms with Gasteiger partial charge in [-0.3, -0.25) is 0 Å². The lowest BCUT2D eigenvalue weighted by Gasteiger charge is -2.02. The number of carbonyl (C=O) groups excluding carboxylic acids is 1. The van der Waals surface area contributed by atoms with Gasteiger partial charge >= 0.3 is 5.97 Å². The average molecular weight is 225 g/mol. The van der Waals surface area contributed by atoms with Gasteiger partial charge in [0.2, 0.25) is 0 Å². The minimum atomic E-state index is -0.294. The van der Waals surface area contributed by atoms with Gasteiger partial charge in [0.1, 0.15) is 13.2 Å². The molecule has 0 saturated heterocycles. The largest absolute Gasteiger partial charge is 0.463 e. The molecule has 0 amide bonds. The van der Waals surface area contributed by atoms with Crippen LogP contribution < -0.4 is 0 Å². The summed E-state index contributed by atoms with van der Waals surface area (Å²) in [5.41, 5.74) is 0. The highest BCUT2D eigenvalue weighted by molar-refractivity contribution is 9.09. The summed E-state index contributed by atoms with van der Waals surface area (Å²) in [5, 5.41) is 0.673. The first-order chi connectivity index (χ1) is 5.31. The lowest BCUT2D eigenvalue weighted by Crippen LogP contribution is -2.14. The van der Waals surface area contributed by atoms with Crippen molar-refractivity contribution < 1.29 is 14.3 Å². The Morgan fingerprint density at radius 2 is 2.18 bits per heavy atom. The maximum atomic E-state index is 10.7. The highest BCUT2D eigenvalue weighted by Gasteiger charge is 2.00. The van der Waals surface area contributed by atoms with Gasteiger partial charge in [-0.1, -0.05) is 22.9 Å². The van der Waals surface area contributed by atoms with E-state index in [2.05, 4.69) is 15.9 Å². The molecule has 0 saturated carbocycles. The van der Waals surface area contributed by atoms with Crippen LogP contribution in [0.4, 0.5) is 0 Å². The van der Waals surface area contributed by atoms with Crippen LogP contribution in [0.2, 0.25) is 0 Å². The Hall–Kier alpha value is -0.0900. The molecule has 0 heterocycles. The lowest BCUT2D eigenvalue weighted by atomic mass is 10.5. The van der Waals surface area contributed by atoms with Crippen molar-refractivity contribution in [3.05, 3.63) is 0 Å². The summed E-state index contributed by atoms with van der Waals surface area (Å²) in [4.78, 5) is 10.7. The van der Waals surface area contributed by atoms with E-state index >= 15 is 0 Å². The van der Waals surface area contributed by atoms with Gasteiger partial charge in [0.15, 0.2) is 0 Å². The minimum absolute atomic E-state index is 0.0703. The van der Waals surface area contributed by atoms with Crippen molar-refractivity contribution in [2.45, 2.75) is 13.3 Å². The van der Waals surface area contributed by atoms with E-state index in [9.17, 15) is 4.79 Å². The van der Waals surface area contributed by atoms with Crippen LogP contribution in [-0.2, 0) is 14.3 Å². The lowest BCUT2D eigenvalue weighted by molar-refractivity contribution is -0.148. The molecule has 0 aromatic rings. The molecule has 0 atom stereocenters. The molecule has 0 aromatic heterocycles. The summed E-state index contributed by atoms with van der Waals surface area (Å²) in [6.07, 6.45) is 0.922. The Balaban J connectivity index is 3.09. The second kappa shape index (κ2) is 8.01. The van der Waals surface area contributed by atoms with Crippen LogP contribution in [0.25, 0.3) is 0 Å². The molecular formula is C7H13BrO3. The molecule has 0 rings (SSSR count). The number of hydrogen-bond acceptors (Lipinski definition) is 3. The normalized spacial score (nSPS) is 9.64. The van der Waals surface area contributed by atoms with Crippen molar-refractivity contribution in [2.24, 2.45) is 0 Å². The number of carbonyl (C=O) groups is 1. The molecule has 0 radical (unpaired) electrons. The maximum absolute atomic E-state index is 10.7. The number of esters is 1. The van der Waals surface area contributed by atoms with Crippen molar-refractivity contribution in [1.29, 1.82) is 0 Å². The van der Waals surface area contributed by atoms with Gasteiger partial charge in [-0.05, 0) is 6.42 Å². The average Bonchev–Trinajstić information content (AvgIpc) is 2.01. The van der Waals surface area contributed by atoms with Gasteiger partial charge in [0.05, 0.1) is 0 Å². The van der Waals surface area contributed by atoms with E-state index in [0.717, 1.165) is 6.42 Å². The van der Waals surface area contributed by atoms with Crippen molar-refractivity contribution in [3.63, 3.8) is 0 Å². The summed E-state index contributed by atoms with van der Waals surface area (Å²) in [5.74, 6) is -0.294. The molecule has 0 spiro atoms. The number of hydrogen-bond donors (Lipinski definition) is 0. The Bertz CT molecular complexity index is 106. The van der Waals surface area contributed by atoms with Gasteiger partial charge in [-0.25, -0.2) is 4.79 Å². The molecule has 0 bridgehead atoms. The molecule has 11 heavy (non-hydrogen) atoms. The zero-order chi connectivity index (χ0) is 8.53. The van der Waals surface area contributed by atoms with Gasteiger partial charge in [-0.2, -0.15) is 0 Å². The van der Waals surface area contributed by atoms with Gasteiger partial charge in [-0.15, -0.1) is 0 Å². The van der Waals surface area contributed by atoms with Crippen LogP contribution in [0.3, 0.4) is 0 Å². The molecule has 0 N–H and O–H groups in total. The van der Waals surface area contributed by atoms with Crippen LogP contribution in [0.5, 0.6) is 0 Å². The predicted molar refractivity (Wildman–Crippen MR) is 45.9 cm³/mol. The fourth-order valence-corrected chi connectivity index (χ4v) is 0.656. The van der Waals surface area contributed by atoms with E-state index in [1.165, 1.54) is 0 Å². The van der Waals surface area contributed by atoms with Crippen molar-refractivity contribution >= 4 is 21.9 Å². The molecule has 4 heteroatoms. The second-order valence-electron chi connectivity index (χ2n) is 1.96. The van der Waals surface area contributed by atoms with Crippen LogP contribution in [0, 0.1) is 0 Å². The van der Waals surface area contributed by atoms with Crippen LogP contribution in [0.1, 0.15) is 13.3 Å². The summed E-state index contributed by atoms with van der Waals surface area (Å²) < 4.78 is 9.68. The Kier molecular flexibility index (Phi) is 7.95. The summed E-state index contributed by atoms with van der Waals surface area (Å²) in [6.45, 7) is 3.09. The van der Waals surface area contributed by atoms with Crippen LogP contribution in [-0.4, -0.2) is 31.1 Å². The van der Waals surface area contributed by atoms with Crippen molar-refractivity contribution in [2.75, 3.05) is 25.2 Å². The van der Waals surface area contributed by atoms with Crippen LogP contribution in [0.15, 0.2) is 0 Å². The molecule has 0 unspecified atom stereocenters. The van der Waals surface area contributed by atoms with E-state index in [1.54, 1.807) is 0 Å². The van der Waals surface area contributed by atoms with E-state index < -0.39 is 0 Å². The zero-order valence-electron chi connectivity index (χ0n) is 6.64. The number of alkyl halides is 1. The van der Waals surface area contributed by atoms with Crippen LogP contribution >= 0.6 is 15.9 Å². The molecule has 0 aliphatic carbocycles. The Morgan fingerprint density at radius 3 is 2.73 bits per heavy atom. The van der Waals surface area contributed by atoms with E-state index in [0.29, 0.717) is 18.5 Å². The van der Waals surface area contributed by atoms with Gasteiger partial charge in [0, 0.05) is 11.9 Å². The molecule has 3 nitrogen and oxygen atoms in total. The van der Waals surface area contributed by atoms with Gasteiger partial charge < -0.3 is 9.47 Å². The van der Waals surface area contributed by atoms with E-state index in [-0.39, 0.29) is 12.6 Å². The standard InChI is InChI=1S/C7H13BrO3/c1-2-4-10-6-7(9)11-5-3-8/h2-6H2,1H3. The molecule has 0 fully saturated rings. The topological polar surface area (TPSA) is 35.5 Å². The van der Waals surface area contributed by atoms with Gasteiger partial charge in [0.25, 0.3) is 0 Å². The summed E-state index contributed by atoms with van der Waals surface area (Å²) in [6, 6.07) is 0. The fourth-order valence-electron chi connectivity index (χ4n) is 0.494. The number of rotatable bonds is 6.